The summed E-state index contributed by atoms with van der Waals surface area (Å²) >= 11 is 6.19. The lowest BCUT2D eigenvalue weighted by Gasteiger charge is -2.35. The third-order valence-electron chi connectivity index (χ3n) is 8.69. The minimum atomic E-state index is 0.114. The molecule has 3 aromatic rings. The van der Waals surface area contributed by atoms with Gasteiger partial charge in [-0.15, -0.1) is 0 Å². The van der Waals surface area contributed by atoms with Crippen LogP contribution in [0, 0.1) is 5.92 Å². The first-order chi connectivity index (χ1) is 18.7. The fourth-order valence-corrected chi connectivity index (χ4v) is 6.63. The molecule has 2 aromatic carbocycles. The quantitative estimate of drug-likeness (QED) is 0.405. The van der Waals surface area contributed by atoms with Crippen LogP contribution in [0.1, 0.15) is 65.6 Å². The molecule has 3 aliphatic heterocycles. The number of halogens is 1. The van der Waals surface area contributed by atoms with Crippen LogP contribution in [0.2, 0.25) is 5.02 Å². The SMILES string of the molecule is O=C(c1cnn(-c2ccc(Cl)cc2)c1C1CCN(CC2CCOCC2)CC1)N1CC[C@H](c2ccccc2)C1. The summed E-state index contributed by atoms with van der Waals surface area (Å²) in [6, 6.07) is 18.4. The molecule has 200 valence electrons. The molecule has 0 N–H and O–H groups in total. The van der Waals surface area contributed by atoms with Crippen molar-refractivity contribution in [1.82, 2.24) is 19.6 Å². The van der Waals surface area contributed by atoms with Crippen molar-refractivity contribution in [2.45, 2.75) is 43.9 Å². The van der Waals surface area contributed by atoms with Crippen molar-refractivity contribution in [3.05, 3.63) is 82.6 Å². The first-order valence-electron chi connectivity index (χ1n) is 14.1. The van der Waals surface area contributed by atoms with E-state index in [9.17, 15) is 4.79 Å². The number of aromatic nitrogens is 2. The molecule has 0 unspecified atom stereocenters. The van der Waals surface area contributed by atoms with Crippen LogP contribution >= 0.6 is 11.6 Å². The van der Waals surface area contributed by atoms with Crippen molar-refractivity contribution < 1.29 is 9.53 Å². The Morgan fingerprint density at radius 2 is 1.61 bits per heavy atom. The Labute approximate surface area is 230 Å². The van der Waals surface area contributed by atoms with E-state index in [1.165, 1.54) is 18.4 Å². The van der Waals surface area contributed by atoms with Crippen molar-refractivity contribution in [3.8, 4) is 5.69 Å². The third kappa shape index (κ3) is 5.54. The average molecular weight is 533 g/mol. The number of amides is 1. The summed E-state index contributed by atoms with van der Waals surface area (Å²) in [6.45, 7) is 6.62. The smallest absolute Gasteiger partial charge is 0.257 e. The van der Waals surface area contributed by atoms with Crippen LogP contribution in [0.25, 0.3) is 5.69 Å². The highest BCUT2D eigenvalue weighted by Gasteiger charge is 2.34. The Bertz CT molecular complexity index is 1210. The number of rotatable bonds is 6. The maximum Gasteiger partial charge on any atom is 0.257 e. The molecule has 0 bridgehead atoms. The fourth-order valence-electron chi connectivity index (χ4n) is 6.50. The molecule has 0 radical (unpaired) electrons. The van der Waals surface area contributed by atoms with Crippen molar-refractivity contribution in [1.29, 1.82) is 0 Å². The Morgan fingerprint density at radius 1 is 0.895 bits per heavy atom. The Kier molecular flexibility index (Phi) is 7.82. The number of carbonyl (C=O) groups excluding carboxylic acids is 1. The van der Waals surface area contributed by atoms with Crippen molar-refractivity contribution >= 4 is 17.5 Å². The average Bonchev–Trinajstić information content (AvgIpc) is 3.63. The van der Waals surface area contributed by atoms with Gasteiger partial charge in [-0.3, -0.25) is 4.79 Å². The largest absolute Gasteiger partial charge is 0.381 e. The molecule has 1 atom stereocenters. The van der Waals surface area contributed by atoms with Gasteiger partial charge in [0.05, 0.1) is 23.1 Å². The highest BCUT2D eigenvalue weighted by Crippen LogP contribution is 2.35. The van der Waals surface area contributed by atoms with Gasteiger partial charge in [-0.2, -0.15) is 5.10 Å². The van der Waals surface area contributed by atoms with E-state index in [0.29, 0.717) is 16.9 Å². The molecule has 0 saturated carbocycles. The first-order valence-corrected chi connectivity index (χ1v) is 14.5. The lowest BCUT2D eigenvalue weighted by molar-refractivity contribution is 0.0486. The van der Waals surface area contributed by atoms with Crippen LogP contribution in [0.4, 0.5) is 0 Å². The second-order valence-corrected chi connectivity index (χ2v) is 11.5. The third-order valence-corrected chi connectivity index (χ3v) is 8.94. The van der Waals surface area contributed by atoms with Crippen LogP contribution < -0.4 is 0 Å². The van der Waals surface area contributed by atoms with Gasteiger partial charge in [-0.1, -0.05) is 41.9 Å². The maximum absolute atomic E-state index is 13.9. The molecule has 0 aliphatic carbocycles. The second kappa shape index (κ2) is 11.6. The molecule has 3 aliphatic rings. The van der Waals surface area contributed by atoms with Crippen LogP contribution in [0.3, 0.4) is 0 Å². The molecule has 3 fully saturated rings. The van der Waals surface area contributed by atoms with Crippen molar-refractivity contribution in [3.63, 3.8) is 0 Å². The summed E-state index contributed by atoms with van der Waals surface area (Å²) in [5, 5.41) is 5.47. The van der Waals surface area contributed by atoms with E-state index in [1.807, 2.05) is 39.9 Å². The topological polar surface area (TPSA) is 50.6 Å². The number of hydrogen-bond acceptors (Lipinski definition) is 4. The summed E-state index contributed by atoms with van der Waals surface area (Å²) in [4.78, 5) is 18.6. The van der Waals surface area contributed by atoms with E-state index in [2.05, 4.69) is 29.2 Å². The Balaban J connectivity index is 1.22. The molecule has 1 amide bonds. The number of piperidine rings is 1. The number of likely N-dealkylation sites (tertiary alicyclic amines) is 2. The maximum atomic E-state index is 13.9. The number of ether oxygens (including phenoxy) is 1. The highest BCUT2D eigenvalue weighted by atomic mass is 35.5. The number of carbonyl (C=O) groups is 1. The van der Waals surface area contributed by atoms with Gasteiger partial charge in [0.25, 0.3) is 5.91 Å². The summed E-state index contributed by atoms with van der Waals surface area (Å²) in [7, 11) is 0. The summed E-state index contributed by atoms with van der Waals surface area (Å²) in [6.07, 6.45) is 7.21. The Morgan fingerprint density at radius 3 is 2.34 bits per heavy atom. The summed E-state index contributed by atoms with van der Waals surface area (Å²) in [5.74, 6) is 1.54. The zero-order valence-electron chi connectivity index (χ0n) is 22.0. The molecule has 6 nitrogen and oxygen atoms in total. The van der Waals surface area contributed by atoms with Gasteiger partial charge in [0.15, 0.2) is 0 Å². The molecular weight excluding hydrogens is 496 g/mol. The second-order valence-electron chi connectivity index (χ2n) is 11.1. The van der Waals surface area contributed by atoms with Gasteiger partial charge in [0.2, 0.25) is 0 Å². The van der Waals surface area contributed by atoms with E-state index in [0.717, 1.165) is 88.1 Å². The van der Waals surface area contributed by atoms with Crippen LogP contribution in [0.5, 0.6) is 0 Å². The predicted molar refractivity (Wildman–Crippen MR) is 150 cm³/mol. The van der Waals surface area contributed by atoms with E-state index in [1.54, 1.807) is 6.20 Å². The van der Waals surface area contributed by atoms with Gasteiger partial charge in [0, 0.05) is 49.7 Å². The van der Waals surface area contributed by atoms with E-state index in [4.69, 9.17) is 21.4 Å². The summed E-state index contributed by atoms with van der Waals surface area (Å²) < 4.78 is 7.55. The van der Waals surface area contributed by atoms with Gasteiger partial charge in [-0.05, 0) is 80.9 Å². The number of benzene rings is 2. The van der Waals surface area contributed by atoms with E-state index < -0.39 is 0 Å². The van der Waals surface area contributed by atoms with Crippen LogP contribution in [0.15, 0.2) is 60.8 Å². The normalized spacial score (nSPS) is 21.7. The molecule has 38 heavy (non-hydrogen) atoms. The lowest BCUT2D eigenvalue weighted by atomic mass is 9.89. The highest BCUT2D eigenvalue weighted by molar-refractivity contribution is 6.30. The number of hydrogen-bond donors (Lipinski definition) is 0. The minimum absolute atomic E-state index is 0.114. The van der Waals surface area contributed by atoms with Gasteiger partial charge < -0.3 is 14.5 Å². The van der Waals surface area contributed by atoms with E-state index >= 15 is 0 Å². The van der Waals surface area contributed by atoms with Gasteiger partial charge in [-0.25, -0.2) is 4.68 Å². The standard InChI is InChI=1S/C31H37ClN4O2/c32-27-6-8-28(9-7-27)36-30(25-10-15-34(16-11-25)21-23-13-18-38-19-14-23)29(20-33-36)31(37)35-17-12-26(22-35)24-4-2-1-3-5-24/h1-9,20,23,25-26H,10-19,21-22H2/t26-/m0/s1. The van der Waals surface area contributed by atoms with E-state index in [-0.39, 0.29) is 5.91 Å². The molecule has 0 spiro atoms. The molecular formula is C31H37ClN4O2. The van der Waals surface area contributed by atoms with Crippen molar-refractivity contribution in [2.24, 2.45) is 5.92 Å². The minimum Gasteiger partial charge on any atom is -0.381 e. The molecule has 6 rings (SSSR count). The number of nitrogens with zero attached hydrogens (tertiary/aromatic N) is 4. The summed E-state index contributed by atoms with van der Waals surface area (Å²) in [5.41, 5.74) is 4.09. The van der Waals surface area contributed by atoms with Crippen LogP contribution in [-0.2, 0) is 4.74 Å². The Hall–Kier alpha value is -2.67. The molecule has 7 heteroatoms. The molecule has 4 heterocycles. The van der Waals surface area contributed by atoms with Gasteiger partial charge in [0.1, 0.15) is 0 Å². The molecule has 3 saturated heterocycles. The predicted octanol–water partition coefficient (Wildman–Crippen LogP) is 5.76. The fraction of sp³-hybridized carbons (Fsp3) is 0.484. The first kappa shape index (κ1) is 25.6. The monoisotopic (exact) mass is 532 g/mol. The van der Waals surface area contributed by atoms with Crippen molar-refractivity contribution in [2.75, 3.05) is 45.9 Å². The lowest BCUT2D eigenvalue weighted by Crippen LogP contribution is -2.38. The zero-order valence-corrected chi connectivity index (χ0v) is 22.7. The van der Waals surface area contributed by atoms with Crippen LogP contribution in [-0.4, -0.2) is 71.4 Å². The zero-order chi connectivity index (χ0) is 25.9. The molecule has 1 aromatic heterocycles. The van der Waals surface area contributed by atoms with Gasteiger partial charge >= 0.3 is 0 Å².